The first-order valence-corrected chi connectivity index (χ1v) is 8.37. The summed E-state index contributed by atoms with van der Waals surface area (Å²) in [6.45, 7) is 1.46. The monoisotopic (exact) mass is 346 g/mol. The molecule has 0 aromatic heterocycles. The molecular weight excluding hydrogens is 325 g/mol. The van der Waals surface area contributed by atoms with Gasteiger partial charge in [-0.15, -0.1) is 0 Å². The number of halogens is 3. The predicted molar refractivity (Wildman–Crippen MR) is 92.5 cm³/mol. The second-order valence-corrected chi connectivity index (χ2v) is 6.45. The molecule has 3 N–H and O–H groups in total. The molecular formula is C20H21F3N2. The van der Waals surface area contributed by atoms with Gasteiger partial charge < -0.3 is 11.1 Å². The van der Waals surface area contributed by atoms with Crippen LogP contribution in [0.25, 0.3) is 0 Å². The second kappa shape index (κ2) is 7.85. The highest BCUT2D eigenvalue weighted by Crippen LogP contribution is 2.33. The van der Waals surface area contributed by atoms with E-state index in [2.05, 4.69) is 17.4 Å². The molecule has 0 heterocycles. The molecule has 0 saturated heterocycles. The Labute approximate surface area is 145 Å². The van der Waals surface area contributed by atoms with Crippen LogP contribution in [0.5, 0.6) is 0 Å². The molecule has 132 valence electrons. The van der Waals surface area contributed by atoms with Crippen molar-refractivity contribution < 1.29 is 13.2 Å². The maximum absolute atomic E-state index is 14.0. The molecule has 0 amide bonds. The highest BCUT2D eigenvalue weighted by atomic mass is 19.2. The van der Waals surface area contributed by atoms with Gasteiger partial charge in [0, 0.05) is 31.1 Å². The Hall–Kier alpha value is -2.11. The number of nitrogens with two attached hydrogens (primary N) is 1. The molecule has 0 bridgehead atoms. The first-order valence-electron chi connectivity index (χ1n) is 8.37. The van der Waals surface area contributed by atoms with Gasteiger partial charge in [-0.1, -0.05) is 42.0 Å². The van der Waals surface area contributed by atoms with Gasteiger partial charge in [-0.2, -0.15) is 0 Å². The van der Waals surface area contributed by atoms with E-state index >= 15 is 0 Å². The average molecular weight is 346 g/mol. The lowest BCUT2D eigenvalue weighted by molar-refractivity contribution is 0.452. The van der Waals surface area contributed by atoms with Crippen LogP contribution in [0.1, 0.15) is 29.9 Å². The Morgan fingerprint density at radius 1 is 0.960 bits per heavy atom. The van der Waals surface area contributed by atoms with Crippen molar-refractivity contribution in [3.05, 3.63) is 82.7 Å². The molecule has 0 aliphatic heterocycles. The fourth-order valence-corrected chi connectivity index (χ4v) is 3.28. The van der Waals surface area contributed by atoms with Gasteiger partial charge in [-0.3, -0.25) is 0 Å². The zero-order valence-corrected chi connectivity index (χ0v) is 13.8. The molecule has 0 saturated carbocycles. The van der Waals surface area contributed by atoms with Gasteiger partial charge in [-0.25, -0.2) is 13.2 Å². The van der Waals surface area contributed by atoms with Crippen LogP contribution in [0.4, 0.5) is 13.2 Å². The number of nitrogens with one attached hydrogen (secondary N) is 1. The third kappa shape index (κ3) is 4.30. The van der Waals surface area contributed by atoms with Gasteiger partial charge in [0.15, 0.2) is 11.6 Å². The third-order valence-corrected chi connectivity index (χ3v) is 4.64. The number of hydrogen-bond donors (Lipinski definition) is 2. The van der Waals surface area contributed by atoms with Crippen molar-refractivity contribution in [1.29, 1.82) is 0 Å². The van der Waals surface area contributed by atoms with E-state index in [1.54, 1.807) is 0 Å². The van der Waals surface area contributed by atoms with Crippen molar-refractivity contribution in [3.63, 3.8) is 0 Å². The molecule has 2 aromatic rings. The Kier molecular flexibility index (Phi) is 5.56. The van der Waals surface area contributed by atoms with E-state index in [0.717, 1.165) is 18.2 Å². The SMILES string of the molecule is N[C@H]1CC(CNCc2ccccc2)=CC[C@@H]1c1cc(F)c(F)cc1F. The van der Waals surface area contributed by atoms with Crippen molar-refractivity contribution in [2.75, 3.05) is 6.54 Å². The maximum Gasteiger partial charge on any atom is 0.161 e. The van der Waals surface area contributed by atoms with E-state index in [0.29, 0.717) is 25.5 Å². The summed E-state index contributed by atoms with van der Waals surface area (Å²) in [6.07, 6.45) is 3.14. The largest absolute Gasteiger partial charge is 0.327 e. The van der Waals surface area contributed by atoms with Crippen LogP contribution < -0.4 is 11.1 Å². The Morgan fingerprint density at radius 2 is 1.68 bits per heavy atom. The van der Waals surface area contributed by atoms with Gasteiger partial charge in [-0.05, 0) is 30.0 Å². The number of allylic oxidation sites excluding steroid dienone is 1. The van der Waals surface area contributed by atoms with Crippen LogP contribution in [0, 0.1) is 17.5 Å². The van der Waals surface area contributed by atoms with E-state index < -0.39 is 17.5 Å². The van der Waals surface area contributed by atoms with Crippen molar-refractivity contribution in [2.45, 2.75) is 31.3 Å². The molecule has 2 nitrogen and oxygen atoms in total. The van der Waals surface area contributed by atoms with Gasteiger partial charge in [0.2, 0.25) is 0 Å². The molecule has 0 unspecified atom stereocenters. The zero-order valence-electron chi connectivity index (χ0n) is 13.8. The summed E-state index contributed by atoms with van der Waals surface area (Å²) in [6, 6.07) is 11.3. The minimum atomic E-state index is -1.17. The Bertz CT molecular complexity index is 759. The summed E-state index contributed by atoms with van der Waals surface area (Å²) < 4.78 is 40.5. The van der Waals surface area contributed by atoms with E-state index in [-0.39, 0.29) is 17.5 Å². The van der Waals surface area contributed by atoms with Crippen molar-refractivity contribution in [2.24, 2.45) is 5.73 Å². The second-order valence-electron chi connectivity index (χ2n) is 6.45. The lowest BCUT2D eigenvalue weighted by Crippen LogP contribution is -2.34. The molecule has 0 fully saturated rings. The number of hydrogen-bond acceptors (Lipinski definition) is 2. The minimum absolute atomic E-state index is 0.152. The summed E-state index contributed by atoms with van der Waals surface area (Å²) in [4.78, 5) is 0. The fraction of sp³-hybridized carbons (Fsp3) is 0.300. The summed E-state index contributed by atoms with van der Waals surface area (Å²) in [5, 5.41) is 3.37. The molecule has 3 rings (SSSR count). The molecule has 0 radical (unpaired) electrons. The smallest absolute Gasteiger partial charge is 0.161 e. The van der Waals surface area contributed by atoms with Crippen molar-refractivity contribution >= 4 is 0 Å². The number of benzene rings is 2. The molecule has 2 aromatic carbocycles. The van der Waals surface area contributed by atoms with Crippen LogP contribution in [0.2, 0.25) is 0 Å². The van der Waals surface area contributed by atoms with Gasteiger partial charge in [0.25, 0.3) is 0 Å². The van der Waals surface area contributed by atoms with Gasteiger partial charge >= 0.3 is 0 Å². The topological polar surface area (TPSA) is 38.0 Å². The van der Waals surface area contributed by atoms with Crippen molar-refractivity contribution in [3.8, 4) is 0 Å². The summed E-state index contributed by atoms with van der Waals surface area (Å²) in [5.41, 5.74) is 8.70. The quantitative estimate of drug-likeness (QED) is 0.634. The number of rotatable bonds is 5. The highest BCUT2D eigenvalue weighted by molar-refractivity contribution is 5.29. The standard InChI is InChI=1S/C20H21F3N2/c21-17-10-19(23)18(22)9-16(17)15-7-6-14(8-20(15)24)12-25-11-13-4-2-1-3-5-13/h1-6,9-10,15,20,25H,7-8,11-12,24H2/t15-,20+/m1/s1. The lowest BCUT2D eigenvalue weighted by Gasteiger charge is -2.29. The molecule has 25 heavy (non-hydrogen) atoms. The predicted octanol–water partition coefficient (Wildman–Crippen LogP) is 4.02. The van der Waals surface area contributed by atoms with E-state index in [1.165, 1.54) is 5.56 Å². The summed E-state index contributed by atoms with van der Waals surface area (Å²) in [7, 11) is 0. The average Bonchev–Trinajstić information content (AvgIpc) is 2.60. The van der Waals surface area contributed by atoms with Crippen LogP contribution in [-0.4, -0.2) is 12.6 Å². The summed E-state index contributed by atoms with van der Waals surface area (Å²) in [5.74, 6) is -3.29. The normalized spacial score (nSPS) is 20.4. The molecule has 1 aliphatic carbocycles. The zero-order chi connectivity index (χ0) is 17.8. The van der Waals surface area contributed by atoms with Crippen LogP contribution in [0.3, 0.4) is 0 Å². The molecule has 1 aliphatic rings. The first-order chi connectivity index (χ1) is 12.0. The van der Waals surface area contributed by atoms with Crippen LogP contribution in [-0.2, 0) is 6.54 Å². The van der Waals surface area contributed by atoms with E-state index in [1.807, 2.05) is 24.3 Å². The Morgan fingerprint density at radius 3 is 2.40 bits per heavy atom. The Balaban J connectivity index is 1.62. The highest BCUT2D eigenvalue weighted by Gasteiger charge is 2.27. The van der Waals surface area contributed by atoms with Crippen LogP contribution in [0.15, 0.2) is 54.1 Å². The molecule has 2 atom stereocenters. The van der Waals surface area contributed by atoms with Crippen LogP contribution >= 0.6 is 0 Å². The third-order valence-electron chi connectivity index (χ3n) is 4.64. The lowest BCUT2D eigenvalue weighted by atomic mass is 9.80. The van der Waals surface area contributed by atoms with E-state index in [4.69, 9.17) is 5.73 Å². The molecule has 0 spiro atoms. The minimum Gasteiger partial charge on any atom is -0.327 e. The van der Waals surface area contributed by atoms with E-state index in [9.17, 15) is 13.2 Å². The fourth-order valence-electron chi connectivity index (χ4n) is 3.28. The van der Waals surface area contributed by atoms with Gasteiger partial charge in [0.1, 0.15) is 5.82 Å². The van der Waals surface area contributed by atoms with Crippen molar-refractivity contribution in [1.82, 2.24) is 5.32 Å². The van der Waals surface area contributed by atoms with Gasteiger partial charge in [0.05, 0.1) is 0 Å². The maximum atomic E-state index is 14.0. The first kappa shape index (κ1) is 17.7. The molecule has 5 heteroatoms. The summed E-state index contributed by atoms with van der Waals surface area (Å²) >= 11 is 0.